The quantitative estimate of drug-likeness (QED) is 0.312. The average Bonchev–Trinajstić information content (AvgIpc) is 3.09. The molecule has 9 nitrogen and oxygen atoms in total. The van der Waals surface area contributed by atoms with Gasteiger partial charge >= 0.3 is 6.03 Å². The lowest BCUT2D eigenvalue weighted by Crippen LogP contribution is -2.33. The summed E-state index contributed by atoms with van der Waals surface area (Å²) in [7, 11) is 0. The van der Waals surface area contributed by atoms with Crippen molar-refractivity contribution in [3.8, 4) is 5.75 Å². The van der Waals surface area contributed by atoms with Gasteiger partial charge in [0.05, 0.1) is 18.1 Å². The average molecular weight is 459 g/mol. The van der Waals surface area contributed by atoms with Gasteiger partial charge in [-0.1, -0.05) is 60.7 Å². The lowest BCUT2D eigenvalue weighted by atomic mass is 10.0. The Morgan fingerprint density at radius 2 is 1.68 bits per heavy atom. The van der Waals surface area contributed by atoms with Crippen LogP contribution in [0.5, 0.6) is 5.75 Å². The third kappa shape index (κ3) is 3.97. The van der Waals surface area contributed by atoms with Gasteiger partial charge in [0.15, 0.2) is 6.79 Å². The molecule has 0 radical (unpaired) electrons. The fraction of sp³-hybridized carbons (Fsp3) is 0.200. The molecule has 0 bridgehead atoms. The summed E-state index contributed by atoms with van der Waals surface area (Å²) in [5.41, 5.74) is 2.34. The minimum Gasteiger partial charge on any atom is -0.467 e. The van der Waals surface area contributed by atoms with E-state index < -0.39 is 17.0 Å². The van der Waals surface area contributed by atoms with Gasteiger partial charge in [-0.05, 0) is 11.1 Å². The number of amides is 3. The van der Waals surface area contributed by atoms with E-state index in [-0.39, 0.29) is 38.1 Å². The number of urea groups is 1. The first-order valence-corrected chi connectivity index (χ1v) is 10.7. The SMILES string of the molecule is O=C1C(c2ccccc2)N(Cc2ccccc2)C(=O)N1Cc1cc([N+](=O)[O-])cc2c1OCOC2. The van der Waals surface area contributed by atoms with E-state index >= 15 is 0 Å². The topological polar surface area (TPSA) is 102 Å². The van der Waals surface area contributed by atoms with Crippen LogP contribution in [0.2, 0.25) is 0 Å². The lowest BCUT2D eigenvalue weighted by molar-refractivity contribution is -0.385. The van der Waals surface area contributed by atoms with Crippen molar-refractivity contribution in [3.63, 3.8) is 0 Å². The molecule has 1 atom stereocenters. The van der Waals surface area contributed by atoms with Gasteiger partial charge in [-0.2, -0.15) is 0 Å². The molecule has 2 heterocycles. The molecule has 1 saturated heterocycles. The number of nitro groups is 1. The third-order valence-corrected chi connectivity index (χ3v) is 5.91. The maximum atomic E-state index is 13.6. The smallest absolute Gasteiger partial charge is 0.328 e. The van der Waals surface area contributed by atoms with Gasteiger partial charge in [0.1, 0.15) is 11.8 Å². The van der Waals surface area contributed by atoms with Gasteiger partial charge < -0.3 is 14.4 Å². The summed E-state index contributed by atoms with van der Waals surface area (Å²) in [6.07, 6.45) is 0. The number of hydrogen-bond acceptors (Lipinski definition) is 6. The summed E-state index contributed by atoms with van der Waals surface area (Å²) < 4.78 is 10.9. The summed E-state index contributed by atoms with van der Waals surface area (Å²) in [5.74, 6) is 0.0228. The molecule has 172 valence electrons. The highest BCUT2D eigenvalue weighted by molar-refractivity contribution is 6.04. The van der Waals surface area contributed by atoms with Crippen molar-refractivity contribution in [2.24, 2.45) is 0 Å². The van der Waals surface area contributed by atoms with Crippen LogP contribution in [0.4, 0.5) is 10.5 Å². The monoisotopic (exact) mass is 459 g/mol. The maximum absolute atomic E-state index is 13.6. The molecule has 1 fully saturated rings. The van der Waals surface area contributed by atoms with Gasteiger partial charge in [0, 0.05) is 29.8 Å². The normalized spacial score (nSPS) is 17.5. The van der Waals surface area contributed by atoms with Crippen molar-refractivity contribution in [3.05, 3.63) is 105 Å². The highest BCUT2D eigenvalue weighted by atomic mass is 16.7. The molecule has 9 heteroatoms. The van der Waals surface area contributed by atoms with E-state index in [0.717, 1.165) is 10.5 Å². The highest BCUT2D eigenvalue weighted by Gasteiger charge is 2.46. The Hall–Kier alpha value is -4.24. The van der Waals surface area contributed by atoms with Crippen molar-refractivity contribution in [1.29, 1.82) is 0 Å². The van der Waals surface area contributed by atoms with Gasteiger partial charge in [-0.15, -0.1) is 0 Å². The molecule has 3 amide bonds. The van der Waals surface area contributed by atoms with Crippen LogP contribution in [0.15, 0.2) is 72.8 Å². The van der Waals surface area contributed by atoms with Gasteiger partial charge in [-0.25, -0.2) is 4.79 Å². The minimum absolute atomic E-state index is 0.00746. The number of nitrogens with zero attached hydrogens (tertiary/aromatic N) is 3. The summed E-state index contributed by atoms with van der Waals surface area (Å²) in [4.78, 5) is 40.7. The molecule has 0 saturated carbocycles. The fourth-order valence-electron chi connectivity index (χ4n) is 4.36. The van der Waals surface area contributed by atoms with E-state index in [1.54, 1.807) is 0 Å². The van der Waals surface area contributed by atoms with E-state index in [9.17, 15) is 19.7 Å². The number of nitro benzene ring substituents is 1. The maximum Gasteiger partial charge on any atom is 0.328 e. The molecule has 1 unspecified atom stereocenters. The zero-order chi connectivity index (χ0) is 23.7. The van der Waals surface area contributed by atoms with Gasteiger partial charge in [-0.3, -0.25) is 19.8 Å². The predicted octanol–water partition coefficient (Wildman–Crippen LogP) is 4.17. The summed E-state index contributed by atoms with van der Waals surface area (Å²) in [5, 5.41) is 11.5. The molecule has 5 rings (SSSR count). The molecule has 0 aliphatic carbocycles. The van der Waals surface area contributed by atoms with Crippen LogP contribution < -0.4 is 4.74 Å². The zero-order valence-electron chi connectivity index (χ0n) is 18.1. The third-order valence-electron chi connectivity index (χ3n) is 5.91. The number of hydrogen-bond donors (Lipinski definition) is 0. The molecule has 0 N–H and O–H groups in total. The number of non-ortho nitro benzene ring substituents is 1. The second-order valence-corrected chi connectivity index (χ2v) is 8.09. The Bertz CT molecular complexity index is 1250. The first-order chi connectivity index (χ1) is 16.5. The van der Waals surface area contributed by atoms with E-state index in [4.69, 9.17) is 9.47 Å². The first kappa shape index (κ1) is 21.6. The van der Waals surface area contributed by atoms with Crippen LogP contribution in [0.3, 0.4) is 0 Å². The number of carbonyl (C=O) groups is 2. The molecular formula is C25H21N3O6. The van der Waals surface area contributed by atoms with E-state index in [1.807, 2.05) is 60.7 Å². The number of rotatable bonds is 6. The van der Waals surface area contributed by atoms with Crippen LogP contribution in [0, 0.1) is 10.1 Å². The molecule has 34 heavy (non-hydrogen) atoms. The number of imide groups is 1. The second-order valence-electron chi connectivity index (χ2n) is 8.09. The Kier molecular flexibility index (Phi) is 5.69. The van der Waals surface area contributed by atoms with Gasteiger partial charge in [0.2, 0.25) is 0 Å². The van der Waals surface area contributed by atoms with Crippen LogP contribution in [0.1, 0.15) is 28.3 Å². The molecule has 2 aliphatic rings. The van der Waals surface area contributed by atoms with Crippen LogP contribution in [-0.4, -0.2) is 33.5 Å². The number of fused-ring (bicyclic) bond motifs is 1. The predicted molar refractivity (Wildman–Crippen MR) is 120 cm³/mol. The van der Waals surface area contributed by atoms with Crippen molar-refractivity contribution >= 4 is 17.6 Å². The summed E-state index contributed by atoms with van der Waals surface area (Å²) >= 11 is 0. The molecule has 3 aromatic carbocycles. The van der Waals surface area contributed by atoms with Crippen LogP contribution in [0.25, 0.3) is 0 Å². The first-order valence-electron chi connectivity index (χ1n) is 10.7. The lowest BCUT2D eigenvalue weighted by Gasteiger charge is -2.23. The van der Waals surface area contributed by atoms with Crippen molar-refractivity contribution in [1.82, 2.24) is 9.80 Å². The summed E-state index contributed by atoms with van der Waals surface area (Å²) in [6.45, 7) is 0.250. The molecular weight excluding hydrogens is 438 g/mol. The van der Waals surface area contributed by atoms with Crippen molar-refractivity contribution in [2.75, 3.05) is 6.79 Å². The molecule has 0 spiro atoms. The van der Waals surface area contributed by atoms with Crippen molar-refractivity contribution in [2.45, 2.75) is 25.7 Å². The van der Waals surface area contributed by atoms with E-state index in [1.165, 1.54) is 17.0 Å². The highest BCUT2D eigenvalue weighted by Crippen LogP contribution is 2.37. The van der Waals surface area contributed by atoms with Gasteiger partial charge in [0.25, 0.3) is 11.6 Å². The van der Waals surface area contributed by atoms with Crippen LogP contribution >= 0.6 is 0 Å². The Balaban J connectivity index is 1.52. The van der Waals surface area contributed by atoms with E-state index in [2.05, 4.69) is 0 Å². The number of carbonyl (C=O) groups excluding carboxylic acids is 2. The van der Waals surface area contributed by atoms with E-state index in [0.29, 0.717) is 22.4 Å². The molecule has 0 aromatic heterocycles. The standard InChI is InChI=1S/C25H21N3O6/c29-24-22(18-9-5-2-6-10-18)26(13-17-7-3-1-4-8-17)25(30)27(24)14-19-11-21(28(31)32)12-20-15-33-16-34-23(19)20/h1-12,22H,13-16H2. The Morgan fingerprint density at radius 3 is 2.38 bits per heavy atom. The zero-order valence-corrected chi connectivity index (χ0v) is 18.1. The minimum atomic E-state index is -0.798. The number of ether oxygens (including phenoxy) is 2. The number of benzene rings is 3. The largest absolute Gasteiger partial charge is 0.467 e. The molecule has 2 aliphatic heterocycles. The fourth-order valence-corrected chi connectivity index (χ4v) is 4.36. The molecule has 3 aromatic rings. The summed E-state index contributed by atoms with van der Waals surface area (Å²) in [6, 6.07) is 20.0. The second kappa shape index (κ2) is 8.95. The Morgan fingerprint density at radius 1 is 0.971 bits per heavy atom. The van der Waals surface area contributed by atoms with Crippen LogP contribution in [-0.2, 0) is 29.2 Å². The van der Waals surface area contributed by atoms with Crippen molar-refractivity contribution < 1.29 is 24.0 Å². The Labute approximate surface area is 195 Å².